The van der Waals surface area contributed by atoms with Crippen molar-refractivity contribution in [2.45, 2.75) is 30.5 Å². The number of imide groups is 1. The predicted molar refractivity (Wildman–Crippen MR) is 193 cm³/mol. The van der Waals surface area contributed by atoms with Crippen LogP contribution in [-0.4, -0.2) is 34.8 Å². The fraction of sp³-hybridized carbons (Fsp3) is 0.220. The third kappa shape index (κ3) is 5.31. The molecule has 262 valence electrons. The van der Waals surface area contributed by atoms with Crippen LogP contribution in [0.1, 0.15) is 35.4 Å². The normalized spacial score (nSPS) is 27.0. The van der Waals surface area contributed by atoms with Crippen LogP contribution in [0.3, 0.4) is 0 Å². The van der Waals surface area contributed by atoms with Gasteiger partial charge in [0.2, 0.25) is 11.8 Å². The maximum Gasteiger partial charge on any atom is 0.573 e. The predicted octanol–water partition coefficient (Wildman–Crippen LogP) is 7.92. The number of aromatic hydroxyl groups is 1. The zero-order valence-electron chi connectivity index (χ0n) is 27.2. The first-order chi connectivity index (χ1) is 24.9. The minimum Gasteiger partial charge on any atom is -0.508 e. The maximum absolute atomic E-state index is 15.1. The number of hydrogen-bond acceptors (Lipinski definition) is 6. The van der Waals surface area contributed by atoms with Crippen LogP contribution in [0.4, 0.5) is 18.9 Å². The summed E-state index contributed by atoms with van der Waals surface area (Å²) in [6.45, 7) is 0. The third-order valence-corrected chi connectivity index (χ3v) is 11.7. The lowest BCUT2D eigenvalue weighted by Gasteiger charge is -2.55. The Labute approximate surface area is 309 Å². The SMILES string of the molecule is O=C1C(c2ccccc2)=CC(=O)C2(c3ccccc3)C1CC1C(=CCC3C(=O)N(c4ccc(I)cc4)C(=O)C31)C2c1cc(OC(F)(F)F)ccc1O. The van der Waals surface area contributed by atoms with E-state index in [0.717, 1.165) is 21.8 Å². The number of carbonyl (C=O) groups excluding carboxylic acids is 4. The molecule has 6 unspecified atom stereocenters. The molecule has 1 aliphatic heterocycles. The van der Waals surface area contributed by atoms with Crippen LogP contribution < -0.4 is 9.64 Å². The molecule has 0 aromatic heterocycles. The Morgan fingerprint density at radius 2 is 1.50 bits per heavy atom. The van der Waals surface area contributed by atoms with Crippen molar-refractivity contribution < 1.29 is 42.2 Å². The summed E-state index contributed by atoms with van der Waals surface area (Å²) in [5, 5.41) is 11.5. The van der Waals surface area contributed by atoms with Crippen LogP contribution >= 0.6 is 22.6 Å². The van der Waals surface area contributed by atoms with Crippen molar-refractivity contribution in [3.05, 3.63) is 141 Å². The van der Waals surface area contributed by atoms with E-state index in [2.05, 4.69) is 27.3 Å². The van der Waals surface area contributed by atoms with Crippen LogP contribution in [0.5, 0.6) is 11.5 Å². The number of hydrogen-bond donors (Lipinski definition) is 1. The van der Waals surface area contributed by atoms with E-state index in [1.807, 2.05) is 0 Å². The molecule has 1 saturated heterocycles. The molecule has 1 N–H and O–H groups in total. The lowest BCUT2D eigenvalue weighted by atomic mass is 9.44. The van der Waals surface area contributed by atoms with Gasteiger partial charge in [-0.3, -0.25) is 24.1 Å². The zero-order chi connectivity index (χ0) is 36.5. The second-order valence-electron chi connectivity index (χ2n) is 13.5. The van der Waals surface area contributed by atoms with Crippen molar-refractivity contribution in [1.82, 2.24) is 0 Å². The summed E-state index contributed by atoms with van der Waals surface area (Å²) in [5.41, 5.74) is 0.241. The van der Waals surface area contributed by atoms with E-state index in [0.29, 0.717) is 22.4 Å². The van der Waals surface area contributed by atoms with Crippen molar-refractivity contribution in [2.75, 3.05) is 4.90 Å². The van der Waals surface area contributed by atoms with Gasteiger partial charge in [0.05, 0.1) is 22.9 Å². The summed E-state index contributed by atoms with van der Waals surface area (Å²) in [6.07, 6.45) is -1.85. The van der Waals surface area contributed by atoms with Gasteiger partial charge in [-0.15, -0.1) is 13.2 Å². The number of fused-ring (bicyclic) bond motifs is 4. The maximum atomic E-state index is 15.1. The molecule has 2 amide bonds. The van der Waals surface area contributed by atoms with Gasteiger partial charge in [0.25, 0.3) is 0 Å². The molecule has 0 radical (unpaired) electrons. The zero-order valence-corrected chi connectivity index (χ0v) is 29.4. The summed E-state index contributed by atoms with van der Waals surface area (Å²) in [5.74, 6) is -7.52. The van der Waals surface area contributed by atoms with Gasteiger partial charge in [-0.25, -0.2) is 0 Å². The van der Waals surface area contributed by atoms with Crippen molar-refractivity contribution in [2.24, 2.45) is 23.7 Å². The lowest BCUT2D eigenvalue weighted by Crippen LogP contribution is -2.58. The molecule has 52 heavy (non-hydrogen) atoms. The number of alkyl halides is 3. The highest BCUT2D eigenvalue weighted by Crippen LogP contribution is 2.64. The van der Waals surface area contributed by atoms with Gasteiger partial charge in [-0.1, -0.05) is 72.3 Å². The van der Waals surface area contributed by atoms with Crippen molar-refractivity contribution in [3.63, 3.8) is 0 Å². The summed E-state index contributed by atoms with van der Waals surface area (Å²) in [4.78, 5) is 59.7. The lowest BCUT2D eigenvalue weighted by molar-refractivity contribution is -0.274. The molecule has 1 saturated carbocycles. The average molecular weight is 816 g/mol. The highest BCUT2D eigenvalue weighted by Gasteiger charge is 2.66. The summed E-state index contributed by atoms with van der Waals surface area (Å²) in [7, 11) is 0. The van der Waals surface area contributed by atoms with E-state index in [1.54, 1.807) is 91.0 Å². The highest BCUT2D eigenvalue weighted by atomic mass is 127. The molecule has 4 aromatic carbocycles. The highest BCUT2D eigenvalue weighted by molar-refractivity contribution is 14.1. The molecule has 8 rings (SSSR count). The molecule has 7 nitrogen and oxygen atoms in total. The second-order valence-corrected chi connectivity index (χ2v) is 14.8. The molecule has 2 fully saturated rings. The third-order valence-electron chi connectivity index (χ3n) is 11.0. The van der Waals surface area contributed by atoms with E-state index in [1.165, 1.54) is 11.0 Å². The van der Waals surface area contributed by atoms with Crippen LogP contribution in [0.25, 0.3) is 5.57 Å². The molecule has 0 spiro atoms. The average Bonchev–Trinajstić information content (AvgIpc) is 3.39. The number of carbonyl (C=O) groups is 4. The monoisotopic (exact) mass is 815 g/mol. The molecule has 1 heterocycles. The molecule has 3 aliphatic carbocycles. The van der Waals surface area contributed by atoms with E-state index < -0.39 is 64.6 Å². The number of anilines is 1. The van der Waals surface area contributed by atoms with Crippen molar-refractivity contribution in [3.8, 4) is 11.5 Å². The number of amides is 2. The number of Topliss-reactive ketones (excluding diaryl/α,β-unsaturated/α-hetero) is 1. The molecule has 4 aromatic rings. The Morgan fingerprint density at radius 1 is 0.827 bits per heavy atom. The summed E-state index contributed by atoms with van der Waals surface area (Å²) < 4.78 is 45.9. The Hall–Kier alpha value is -5.04. The number of rotatable bonds is 5. The first-order valence-corrected chi connectivity index (χ1v) is 17.8. The smallest absolute Gasteiger partial charge is 0.508 e. The molecular weight excluding hydrogens is 786 g/mol. The van der Waals surface area contributed by atoms with Gasteiger partial charge in [0.1, 0.15) is 11.5 Å². The number of allylic oxidation sites excluding steroid dienone is 4. The van der Waals surface area contributed by atoms with Gasteiger partial charge in [-0.2, -0.15) is 0 Å². The summed E-state index contributed by atoms with van der Waals surface area (Å²) >= 11 is 2.13. The number of ether oxygens (including phenoxy) is 1. The van der Waals surface area contributed by atoms with E-state index in [4.69, 9.17) is 0 Å². The molecule has 0 bridgehead atoms. The fourth-order valence-electron chi connectivity index (χ4n) is 9.02. The van der Waals surface area contributed by atoms with Gasteiger partial charge in [0.15, 0.2) is 11.6 Å². The molecule has 6 atom stereocenters. The van der Waals surface area contributed by atoms with Crippen LogP contribution in [0, 0.1) is 27.2 Å². The quantitative estimate of drug-likeness (QED) is 0.125. The number of benzene rings is 4. The van der Waals surface area contributed by atoms with E-state index >= 15 is 4.79 Å². The first-order valence-electron chi connectivity index (χ1n) is 16.7. The van der Waals surface area contributed by atoms with Gasteiger partial charge < -0.3 is 9.84 Å². The number of ketones is 2. The van der Waals surface area contributed by atoms with E-state index in [9.17, 15) is 32.7 Å². The van der Waals surface area contributed by atoms with Gasteiger partial charge in [0, 0.05) is 26.5 Å². The van der Waals surface area contributed by atoms with Crippen LogP contribution in [0.15, 0.2) is 121 Å². The topological polar surface area (TPSA) is 101 Å². The Morgan fingerprint density at radius 3 is 2.17 bits per heavy atom. The van der Waals surface area contributed by atoms with E-state index in [-0.39, 0.29) is 35.7 Å². The number of phenolic OH excluding ortho intramolecular Hbond substituents is 1. The number of halogens is 4. The van der Waals surface area contributed by atoms with Gasteiger partial charge >= 0.3 is 6.36 Å². The summed E-state index contributed by atoms with van der Waals surface area (Å²) in [6, 6.07) is 27.4. The first kappa shape index (κ1) is 34.1. The number of nitrogens with zero attached hydrogens (tertiary/aromatic N) is 1. The van der Waals surface area contributed by atoms with Crippen LogP contribution in [-0.2, 0) is 24.6 Å². The Bertz CT molecular complexity index is 2200. The van der Waals surface area contributed by atoms with Crippen LogP contribution in [0.2, 0.25) is 0 Å². The largest absolute Gasteiger partial charge is 0.573 e. The molecule has 11 heteroatoms. The minimum atomic E-state index is -5.06. The Balaban J connectivity index is 1.37. The number of phenols is 1. The Kier molecular flexibility index (Phi) is 8.24. The van der Waals surface area contributed by atoms with Gasteiger partial charge in [-0.05, 0) is 101 Å². The second kappa shape index (κ2) is 12.6. The standard InChI is InChI=1S/C41H29F3INO6/c42-41(43,44)52-26-15-18-33(47)31(19-26)36-27-16-17-28-35(39(51)46(38(28)50)25-13-11-24(45)12-14-25)30(27)20-32-37(49)29(22-7-3-1-4-8-22)21-34(48)40(32,36)23-9-5-2-6-10-23/h1-16,18-19,21,28,30,32,35-36,47H,17,20H2. The minimum absolute atomic E-state index is 0.00614. The van der Waals surface area contributed by atoms with Crippen molar-refractivity contribution >= 4 is 57.2 Å². The fourth-order valence-corrected chi connectivity index (χ4v) is 9.38. The molecular formula is C41H29F3INO6. The molecule has 4 aliphatic rings. The van der Waals surface area contributed by atoms with Crippen molar-refractivity contribution in [1.29, 1.82) is 0 Å².